The van der Waals surface area contributed by atoms with Crippen LogP contribution in [0.1, 0.15) is 21.0 Å². The number of nitrogens with one attached hydrogen (secondary N) is 2. The zero-order valence-electron chi connectivity index (χ0n) is 11.9. The molecule has 0 bridgehead atoms. The minimum Gasteiger partial charge on any atom is -0.368 e. The second kappa shape index (κ2) is 7.45. The Balaban J connectivity index is 1.82. The summed E-state index contributed by atoms with van der Waals surface area (Å²) in [4.78, 5) is 38.1. The van der Waals surface area contributed by atoms with Crippen molar-refractivity contribution in [3.8, 4) is 0 Å². The lowest BCUT2D eigenvalue weighted by Crippen LogP contribution is -2.24. The van der Waals surface area contributed by atoms with E-state index in [1.54, 1.807) is 6.08 Å². The minimum absolute atomic E-state index is 0.0290. The van der Waals surface area contributed by atoms with Crippen LogP contribution in [0.3, 0.4) is 0 Å². The summed E-state index contributed by atoms with van der Waals surface area (Å²) in [5, 5.41) is 5.37. The second-order valence-electron chi connectivity index (χ2n) is 4.19. The highest BCUT2D eigenvalue weighted by atomic mass is 16.2. The largest absolute Gasteiger partial charge is 0.368 e. The van der Waals surface area contributed by atoms with E-state index in [9.17, 15) is 9.59 Å². The van der Waals surface area contributed by atoms with E-state index in [2.05, 4.69) is 30.6 Å². The molecule has 23 heavy (non-hydrogen) atoms. The predicted molar refractivity (Wildman–Crippen MR) is 82.1 cm³/mol. The number of nitrogen functional groups attached to an aromatic ring is 1. The van der Waals surface area contributed by atoms with Crippen LogP contribution in [0.25, 0.3) is 0 Å². The van der Waals surface area contributed by atoms with Gasteiger partial charge in [-0.2, -0.15) is 0 Å². The maximum Gasteiger partial charge on any atom is 0.270 e. The van der Waals surface area contributed by atoms with E-state index in [-0.39, 0.29) is 35.7 Å². The van der Waals surface area contributed by atoms with Gasteiger partial charge < -0.3 is 22.1 Å². The molecule has 2 rings (SSSR count). The van der Waals surface area contributed by atoms with Crippen LogP contribution in [0.15, 0.2) is 36.8 Å². The van der Waals surface area contributed by atoms with E-state index >= 15 is 0 Å². The zero-order valence-corrected chi connectivity index (χ0v) is 11.9. The van der Waals surface area contributed by atoms with Crippen molar-refractivity contribution in [2.45, 2.75) is 0 Å². The van der Waals surface area contributed by atoms with Crippen molar-refractivity contribution < 1.29 is 9.59 Å². The maximum absolute atomic E-state index is 11.8. The monoisotopic (exact) mass is 314 g/mol. The molecule has 0 saturated carbocycles. The van der Waals surface area contributed by atoms with Crippen molar-refractivity contribution in [3.63, 3.8) is 0 Å². The maximum atomic E-state index is 11.8. The Morgan fingerprint density at radius 3 is 2.61 bits per heavy atom. The number of carbonyl (C=O) groups excluding carboxylic acids is 2. The van der Waals surface area contributed by atoms with Crippen molar-refractivity contribution in [1.29, 1.82) is 0 Å². The lowest BCUT2D eigenvalue weighted by Gasteiger charge is -2.02. The third kappa shape index (κ3) is 4.74. The zero-order chi connectivity index (χ0) is 16.7. The summed E-state index contributed by atoms with van der Waals surface area (Å²) in [6.45, 7) is 0.241. The average Bonchev–Trinajstić information content (AvgIpc) is 2.54. The molecule has 0 saturated heterocycles. The van der Waals surface area contributed by atoms with Gasteiger partial charge >= 0.3 is 0 Å². The van der Waals surface area contributed by atoms with Crippen LogP contribution in [0.4, 0.5) is 11.9 Å². The number of carbonyl (C=O) groups is 2. The lowest BCUT2D eigenvalue weighted by molar-refractivity contribution is 0.0951. The highest BCUT2D eigenvalue weighted by Gasteiger charge is 2.06. The summed E-state index contributed by atoms with van der Waals surface area (Å²) in [6.07, 6.45) is 5.96. The summed E-state index contributed by atoms with van der Waals surface area (Å²) in [5.41, 5.74) is 10.8. The highest BCUT2D eigenvalue weighted by Crippen LogP contribution is 1.99. The molecular formula is C13H14N8O2. The molecular weight excluding hydrogens is 300 g/mol. The predicted octanol–water partition coefficient (Wildman–Crippen LogP) is -0.697. The molecule has 0 atom stereocenters. The van der Waals surface area contributed by atoms with Crippen molar-refractivity contribution >= 4 is 23.7 Å². The Kier molecular flexibility index (Phi) is 5.12. The van der Waals surface area contributed by atoms with Crippen molar-refractivity contribution in [2.24, 2.45) is 5.73 Å². The molecule has 2 aromatic heterocycles. The fourth-order valence-corrected chi connectivity index (χ4v) is 1.50. The molecule has 2 aromatic rings. The minimum atomic E-state index is -0.643. The molecule has 0 radical (unpaired) electrons. The van der Waals surface area contributed by atoms with Gasteiger partial charge in [-0.1, -0.05) is 0 Å². The van der Waals surface area contributed by atoms with Gasteiger partial charge in [-0.05, 0) is 18.2 Å². The Morgan fingerprint density at radius 1 is 1.13 bits per heavy atom. The highest BCUT2D eigenvalue weighted by molar-refractivity contribution is 5.92. The Morgan fingerprint density at radius 2 is 1.87 bits per heavy atom. The molecule has 2 heterocycles. The van der Waals surface area contributed by atoms with Gasteiger partial charge in [0.25, 0.3) is 11.8 Å². The second-order valence-corrected chi connectivity index (χ2v) is 4.19. The summed E-state index contributed by atoms with van der Waals surface area (Å²) < 4.78 is 0. The summed E-state index contributed by atoms with van der Waals surface area (Å²) >= 11 is 0. The fourth-order valence-electron chi connectivity index (χ4n) is 1.50. The molecule has 6 N–H and O–H groups in total. The number of hydrogen-bond donors (Lipinski definition) is 4. The van der Waals surface area contributed by atoms with Gasteiger partial charge in [0.05, 0.1) is 0 Å². The topological polar surface area (TPSA) is 162 Å². The smallest absolute Gasteiger partial charge is 0.270 e. The van der Waals surface area contributed by atoms with Gasteiger partial charge in [0.1, 0.15) is 11.4 Å². The summed E-state index contributed by atoms with van der Waals surface area (Å²) in [6, 6.07) is 2.86. The van der Waals surface area contributed by atoms with E-state index in [4.69, 9.17) is 11.5 Å². The number of nitrogens with two attached hydrogens (primary N) is 2. The van der Waals surface area contributed by atoms with E-state index in [0.717, 1.165) is 0 Å². The molecule has 0 spiro atoms. The van der Waals surface area contributed by atoms with Crippen molar-refractivity contribution in [3.05, 3.63) is 48.2 Å². The van der Waals surface area contributed by atoms with Crippen LogP contribution in [0, 0.1) is 0 Å². The third-order valence-electron chi connectivity index (χ3n) is 2.53. The first-order valence-corrected chi connectivity index (χ1v) is 6.47. The first kappa shape index (κ1) is 15.8. The molecule has 118 valence electrons. The molecule has 10 nitrogen and oxygen atoms in total. The average molecular weight is 314 g/mol. The number of amides is 2. The van der Waals surface area contributed by atoms with Crippen LogP contribution < -0.4 is 22.1 Å². The van der Waals surface area contributed by atoms with E-state index in [0.29, 0.717) is 0 Å². The van der Waals surface area contributed by atoms with Crippen LogP contribution in [-0.4, -0.2) is 38.3 Å². The van der Waals surface area contributed by atoms with Crippen LogP contribution in [0.5, 0.6) is 0 Å². The molecule has 10 heteroatoms. The van der Waals surface area contributed by atoms with Crippen LogP contribution >= 0.6 is 0 Å². The quantitative estimate of drug-likeness (QED) is 0.544. The van der Waals surface area contributed by atoms with E-state index < -0.39 is 5.91 Å². The van der Waals surface area contributed by atoms with Gasteiger partial charge in [0, 0.05) is 25.1 Å². The molecule has 0 aromatic carbocycles. The van der Waals surface area contributed by atoms with Crippen molar-refractivity contribution in [1.82, 2.24) is 25.3 Å². The van der Waals surface area contributed by atoms with Gasteiger partial charge in [0.2, 0.25) is 11.9 Å². The molecule has 0 aliphatic carbocycles. The normalized spacial score (nSPS) is 10.4. The Hall–Kier alpha value is -3.56. The van der Waals surface area contributed by atoms with Gasteiger partial charge in [-0.3, -0.25) is 9.59 Å². The van der Waals surface area contributed by atoms with Crippen LogP contribution in [-0.2, 0) is 0 Å². The SMILES string of the molecule is NC(=O)c1ccnc(NC=CCNC(=O)c2ccnc(N)n2)n1. The van der Waals surface area contributed by atoms with E-state index in [1.165, 1.54) is 30.7 Å². The standard InChI is InChI=1S/C13H14N8O2/c14-10(22)8-2-7-19-13(21-8)18-5-1-4-16-11(23)9-3-6-17-12(15)20-9/h1-3,5-7H,4H2,(H2,14,22)(H,16,23)(H2,15,17,20)(H,18,19,21). The van der Waals surface area contributed by atoms with E-state index in [1.807, 2.05) is 0 Å². The molecule has 2 amide bonds. The summed E-state index contributed by atoms with van der Waals surface area (Å²) in [7, 11) is 0. The van der Waals surface area contributed by atoms with Gasteiger partial charge in [0.15, 0.2) is 0 Å². The number of nitrogens with zero attached hydrogens (tertiary/aromatic N) is 4. The van der Waals surface area contributed by atoms with Crippen molar-refractivity contribution in [2.75, 3.05) is 17.6 Å². The lowest BCUT2D eigenvalue weighted by atomic mass is 10.4. The Labute approximate surface area is 131 Å². The third-order valence-corrected chi connectivity index (χ3v) is 2.53. The molecule has 0 fully saturated rings. The van der Waals surface area contributed by atoms with Gasteiger partial charge in [-0.25, -0.2) is 19.9 Å². The molecule has 0 aliphatic rings. The molecule has 0 aliphatic heterocycles. The number of hydrogen-bond acceptors (Lipinski definition) is 8. The number of aromatic nitrogens is 4. The first-order valence-electron chi connectivity index (χ1n) is 6.47. The number of rotatable bonds is 6. The fraction of sp³-hybridized carbons (Fsp3) is 0.0769. The van der Waals surface area contributed by atoms with Crippen LogP contribution in [0.2, 0.25) is 0 Å². The first-order chi connectivity index (χ1) is 11.1. The Bertz CT molecular complexity index is 746. The molecule has 0 unspecified atom stereocenters. The number of anilines is 2. The van der Waals surface area contributed by atoms with Gasteiger partial charge in [-0.15, -0.1) is 0 Å². The summed E-state index contributed by atoms with van der Waals surface area (Å²) in [5.74, 6) is -0.777. The number of primary amides is 1.